The molecule has 0 aliphatic carbocycles. The van der Waals surface area contributed by atoms with Gasteiger partial charge in [-0.05, 0) is 63.3 Å². The highest BCUT2D eigenvalue weighted by Crippen LogP contribution is 2.35. The van der Waals surface area contributed by atoms with Crippen LogP contribution in [0.2, 0.25) is 0 Å². The fourth-order valence-electron chi connectivity index (χ4n) is 3.74. The number of halogens is 1. The molecule has 5 atom stereocenters. The van der Waals surface area contributed by atoms with E-state index in [1.807, 2.05) is 39.0 Å². The minimum absolute atomic E-state index is 0.0183. The molecule has 146 valence electrons. The van der Waals surface area contributed by atoms with E-state index >= 15 is 0 Å². The second kappa shape index (κ2) is 12.3. The first-order chi connectivity index (χ1) is 12.5. The van der Waals surface area contributed by atoms with E-state index in [1.54, 1.807) is 0 Å². The Balaban J connectivity index is 0.00000163. The van der Waals surface area contributed by atoms with Crippen molar-refractivity contribution in [1.82, 2.24) is 5.32 Å². The number of hydrogen-bond donors (Lipinski definition) is 1. The molecule has 1 fully saturated rings. The first-order valence-electron chi connectivity index (χ1n) is 9.91. The van der Waals surface area contributed by atoms with Crippen molar-refractivity contribution in [1.29, 1.82) is 0 Å². The van der Waals surface area contributed by atoms with Crippen LogP contribution < -0.4 is 5.32 Å². The van der Waals surface area contributed by atoms with Crippen LogP contribution in [0, 0.1) is 17.8 Å². The quantitative estimate of drug-likeness (QED) is 0.593. The molecule has 2 heterocycles. The minimum Gasteiger partial charge on any atom is -0.367 e. The number of rotatable bonds is 2. The molecule has 2 aliphatic rings. The Morgan fingerprint density at radius 3 is 2.54 bits per heavy atom. The molecule has 0 saturated carbocycles. The molecule has 0 amide bonds. The van der Waals surface area contributed by atoms with Gasteiger partial charge in [0.05, 0.1) is 12.2 Å². The highest BCUT2D eigenvalue weighted by Gasteiger charge is 2.34. The Bertz CT molecular complexity index is 546. The first-order valence-corrected chi connectivity index (χ1v) is 10.3. The van der Waals surface area contributed by atoms with Crippen molar-refractivity contribution in [2.75, 3.05) is 13.1 Å². The van der Waals surface area contributed by atoms with E-state index in [-0.39, 0.29) is 12.2 Å². The van der Waals surface area contributed by atoms with Crippen molar-refractivity contribution in [2.24, 2.45) is 17.8 Å². The highest BCUT2D eigenvalue weighted by atomic mass is 35.5. The lowest BCUT2D eigenvalue weighted by Gasteiger charge is -2.30. The third-order valence-electron chi connectivity index (χ3n) is 4.88. The zero-order valence-electron chi connectivity index (χ0n) is 17.0. The summed E-state index contributed by atoms with van der Waals surface area (Å²) in [6.07, 6.45) is 15.8. The van der Waals surface area contributed by atoms with Gasteiger partial charge in [-0.15, -0.1) is 0 Å². The lowest BCUT2D eigenvalue weighted by atomic mass is 9.77. The Hall–Kier alpha value is -1.09. The number of fused-ring (bicyclic) bond motifs is 1. The smallest absolute Gasteiger partial charge is 0.0769 e. The molecule has 0 radical (unpaired) electrons. The molecular formula is C23H36ClNO. The van der Waals surface area contributed by atoms with Crippen LogP contribution in [0.3, 0.4) is 0 Å². The van der Waals surface area contributed by atoms with Crippen LogP contribution in [-0.2, 0) is 4.74 Å². The Morgan fingerprint density at radius 2 is 1.88 bits per heavy atom. The van der Waals surface area contributed by atoms with Crippen LogP contribution in [0.25, 0.3) is 0 Å². The van der Waals surface area contributed by atoms with Gasteiger partial charge < -0.3 is 10.1 Å². The van der Waals surface area contributed by atoms with Crippen LogP contribution in [0.1, 0.15) is 41.0 Å². The highest BCUT2D eigenvalue weighted by molar-refractivity contribution is 6.31. The predicted octanol–water partition coefficient (Wildman–Crippen LogP) is 6.03. The molecule has 1 N–H and O–H groups in total. The van der Waals surface area contributed by atoms with Crippen LogP contribution in [0.5, 0.6) is 0 Å². The molecule has 1 saturated heterocycles. The molecule has 0 aromatic heterocycles. The van der Waals surface area contributed by atoms with Gasteiger partial charge in [-0.1, -0.05) is 62.4 Å². The summed E-state index contributed by atoms with van der Waals surface area (Å²) in [5.41, 5.74) is 1.12. The zero-order chi connectivity index (χ0) is 19.5. The number of hydrogen-bond acceptors (Lipinski definition) is 2. The van der Waals surface area contributed by atoms with Gasteiger partial charge in [0.25, 0.3) is 0 Å². The average Bonchev–Trinajstić information content (AvgIpc) is 3.10. The largest absolute Gasteiger partial charge is 0.367 e. The standard InChI is InChI=1S/C21H30ClNO.C2H6/c1-5-7-17-12-19(8-6-2)24-16(4)9-10-18(22)11-15(3)20-13-23-14-21(17)20;1-2/h5-11,16-17,19-21,23H,3,12-14H2,1-2,4H3;1-2H3/b7-5-,8-6-,10-9-,18-11+;/t16?,17?,19?,20-,21?;/m0./s1. The van der Waals surface area contributed by atoms with E-state index in [0.29, 0.717) is 22.8 Å². The molecule has 26 heavy (non-hydrogen) atoms. The van der Waals surface area contributed by atoms with Gasteiger partial charge in [-0.25, -0.2) is 0 Å². The van der Waals surface area contributed by atoms with Gasteiger partial charge in [0.15, 0.2) is 0 Å². The van der Waals surface area contributed by atoms with Crippen molar-refractivity contribution in [3.8, 4) is 0 Å². The lowest BCUT2D eigenvalue weighted by Crippen LogP contribution is -2.28. The van der Waals surface area contributed by atoms with E-state index in [2.05, 4.69) is 50.0 Å². The van der Waals surface area contributed by atoms with Crippen LogP contribution in [0.4, 0.5) is 0 Å². The second-order valence-electron chi connectivity index (χ2n) is 6.72. The molecule has 2 aliphatic heterocycles. The molecular weight excluding hydrogens is 342 g/mol. The minimum atomic E-state index is 0.0183. The molecule has 2 nitrogen and oxygen atoms in total. The Morgan fingerprint density at radius 1 is 1.19 bits per heavy atom. The Kier molecular flexibility index (Phi) is 10.9. The van der Waals surface area contributed by atoms with E-state index in [4.69, 9.17) is 16.3 Å². The van der Waals surface area contributed by atoms with Gasteiger partial charge >= 0.3 is 0 Å². The van der Waals surface area contributed by atoms with E-state index in [9.17, 15) is 0 Å². The van der Waals surface area contributed by atoms with E-state index < -0.39 is 0 Å². The predicted molar refractivity (Wildman–Crippen MR) is 115 cm³/mol. The summed E-state index contributed by atoms with van der Waals surface area (Å²) in [7, 11) is 0. The summed E-state index contributed by atoms with van der Waals surface area (Å²) in [6.45, 7) is 16.5. The first kappa shape index (κ1) is 23.0. The molecule has 0 aromatic carbocycles. The summed E-state index contributed by atoms with van der Waals surface area (Å²) < 4.78 is 6.23. The fraction of sp³-hybridized carbons (Fsp3) is 0.565. The lowest BCUT2D eigenvalue weighted by molar-refractivity contribution is 0.0353. The Labute approximate surface area is 165 Å². The van der Waals surface area contributed by atoms with Crippen LogP contribution in [0.15, 0.2) is 59.7 Å². The summed E-state index contributed by atoms with van der Waals surface area (Å²) >= 11 is 6.37. The third-order valence-corrected chi connectivity index (χ3v) is 5.11. The van der Waals surface area contributed by atoms with Crippen molar-refractivity contribution in [3.05, 3.63) is 59.7 Å². The van der Waals surface area contributed by atoms with E-state index in [1.165, 1.54) is 0 Å². The van der Waals surface area contributed by atoms with Gasteiger partial charge in [0, 0.05) is 17.5 Å². The van der Waals surface area contributed by atoms with Crippen molar-refractivity contribution < 1.29 is 4.74 Å². The topological polar surface area (TPSA) is 21.3 Å². The van der Waals surface area contributed by atoms with Gasteiger partial charge in [0.2, 0.25) is 0 Å². The van der Waals surface area contributed by atoms with Crippen molar-refractivity contribution >= 4 is 11.6 Å². The third kappa shape index (κ3) is 6.90. The summed E-state index contributed by atoms with van der Waals surface area (Å²) in [6, 6.07) is 0. The van der Waals surface area contributed by atoms with Gasteiger partial charge in [-0.3, -0.25) is 0 Å². The monoisotopic (exact) mass is 377 g/mol. The molecule has 0 spiro atoms. The average molecular weight is 378 g/mol. The molecule has 3 heteroatoms. The van der Waals surface area contributed by atoms with E-state index in [0.717, 1.165) is 25.1 Å². The SMILES string of the molecule is C=C1/C=C(Cl)\C=C/C(C)OC(/C=C\C)CC(/C=C\C)C2CNC[C@@H]12.CC. The maximum absolute atomic E-state index is 6.37. The fourth-order valence-corrected chi connectivity index (χ4v) is 3.95. The number of nitrogens with one attached hydrogen (secondary N) is 1. The second-order valence-corrected chi connectivity index (χ2v) is 7.16. The zero-order valence-corrected chi connectivity index (χ0v) is 17.8. The van der Waals surface area contributed by atoms with Crippen LogP contribution >= 0.6 is 11.6 Å². The number of allylic oxidation sites excluding steroid dienone is 6. The maximum Gasteiger partial charge on any atom is 0.0769 e. The summed E-state index contributed by atoms with van der Waals surface area (Å²) in [5.74, 6) is 1.39. The normalized spacial score (nSPS) is 36.5. The van der Waals surface area contributed by atoms with Crippen LogP contribution in [-0.4, -0.2) is 25.3 Å². The van der Waals surface area contributed by atoms with Crippen molar-refractivity contribution in [2.45, 2.75) is 53.2 Å². The molecule has 4 unspecified atom stereocenters. The number of ether oxygens (including phenoxy) is 1. The molecule has 0 aromatic rings. The summed E-state index contributed by atoms with van der Waals surface area (Å²) in [5, 5.41) is 4.25. The van der Waals surface area contributed by atoms with Crippen molar-refractivity contribution in [3.63, 3.8) is 0 Å². The van der Waals surface area contributed by atoms with Gasteiger partial charge in [-0.2, -0.15) is 0 Å². The molecule has 2 rings (SSSR count). The maximum atomic E-state index is 6.37. The van der Waals surface area contributed by atoms with Gasteiger partial charge in [0.1, 0.15) is 0 Å². The molecule has 0 bridgehead atoms. The summed E-state index contributed by atoms with van der Waals surface area (Å²) in [4.78, 5) is 0.